The molecule has 1 atom stereocenters. The molecule has 1 rings (SSSR count). The van der Waals surface area contributed by atoms with Crippen molar-refractivity contribution in [3.63, 3.8) is 0 Å². The minimum Gasteiger partial charge on any atom is -0.299 e. The number of carbonyl (C=O) groups is 1. The number of benzene rings is 1. The summed E-state index contributed by atoms with van der Waals surface area (Å²) in [6.07, 6.45) is 0. The van der Waals surface area contributed by atoms with Gasteiger partial charge in [-0.2, -0.15) is 0 Å². The third kappa shape index (κ3) is 2.52. The Kier molecular flexibility index (Phi) is 3.90. The molecule has 0 spiro atoms. The summed E-state index contributed by atoms with van der Waals surface area (Å²) in [6.45, 7) is 12.2. The van der Waals surface area contributed by atoms with Crippen molar-refractivity contribution in [1.29, 1.82) is 0 Å². The number of carbonyl (C=O) groups excluding carboxylic acids is 1. The van der Waals surface area contributed by atoms with E-state index in [1.54, 1.807) is 0 Å². The number of rotatable bonds is 3. The molecule has 1 unspecified atom stereocenters. The van der Waals surface area contributed by atoms with E-state index in [1.165, 1.54) is 22.3 Å². The van der Waals surface area contributed by atoms with Crippen LogP contribution in [0.2, 0.25) is 0 Å². The number of aryl methyl sites for hydroxylation is 3. The Morgan fingerprint density at radius 2 is 1.44 bits per heavy atom. The fourth-order valence-corrected chi connectivity index (χ4v) is 2.52. The van der Waals surface area contributed by atoms with Gasteiger partial charge in [-0.3, -0.25) is 4.79 Å². The second kappa shape index (κ2) is 4.82. The molecular weight excluding hydrogens is 196 g/mol. The van der Waals surface area contributed by atoms with Crippen LogP contribution in [0, 0.1) is 26.7 Å². The van der Waals surface area contributed by atoms with Gasteiger partial charge in [0, 0.05) is 11.8 Å². The van der Waals surface area contributed by atoms with Crippen LogP contribution in [0.15, 0.2) is 12.1 Å². The van der Waals surface area contributed by atoms with Crippen molar-refractivity contribution in [2.24, 2.45) is 5.92 Å². The van der Waals surface area contributed by atoms with E-state index in [-0.39, 0.29) is 11.8 Å². The molecule has 1 heteroatoms. The van der Waals surface area contributed by atoms with E-state index in [4.69, 9.17) is 0 Å². The minimum atomic E-state index is 0.0144. The van der Waals surface area contributed by atoms with E-state index in [2.05, 4.69) is 32.9 Å². The molecule has 0 aliphatic heterocycles. The first kappa shape index (κ1) is 13.0. The number of Topliss-reactive ketones (excluding diaryl/α,β-unsaturated/α-hetero) is 1. The molecule has 0 radical (unpaired) electrons. The molecule has 0 N–H and O–H groups in total. The van der Waals surface area contributed by atoms with Crippen molar-refractivity contribution in [2.75, 3.05) is 0 Å². The van der Waals surface area contributed by atoms with Gasteiger partial charge in [-0.05, 0) is 37.5 Å². The second-order valence-electron chi connectivity index (χ2n) is 5.09. The normalized spacial score (nSPS) is 12.9. The van der Waals surface area contributed by atoms with Crippen LogP contribution in [-0.4, -0.2) is 5.78 Å². The quantitative estimate of drug-likeness (QED) is 0.751. The Morgan fingerprint density at radius 1 is 1.00 bits per heavy atom. The van der Waals surface area contributed by atoms with E-state index >= 15 is 0 Å². The Morgan fingerprint density at radius 3 is 1.81 bits per heavy atom. The summed E-state index contributed by atoms with van der Waals surface area (Å²) in [5.41, 5.74) is 4.95. The highest BCUT2D eigenvalue weighted by atomic mass is 16.1. The summed E-state index contributed by atoms with van der Waals surface area (Å²) in [5, 5.41) is 0. The Labute approximate surface area is 98.9 Å². The van der Waals surface area contributed by atoms with Gasteiger partial charge in [0.05, 0.1) is 0 Å². The molecule has 0 heterocycles. The molecule has 0 aliphatic carbocycles. The van der Waals surface area contributed by atoms with Crippen molar-refractivity contribution < 1.29 is 4.79 Å². The van der Waals surface area contributed by atoms with E-state index in [0.29, 0.717) is 5.78 Å². The SMILES string of the molecule is Cc1cc(C)c(C(C)C(=O)C(C)C)c(C)c1. The number of ketones is 1. The van der Waals surface area contributed by atoms with Crippen LogP contribution < -0.4 is 0 Å². The maximum atomic E-state index is 12.0. The van der Waals surface area contributed by atoms with Crippen molar-refractivity contribution in [3.8, 4) is 0 Å². The highest BCUT2D eigenvalue weighted by Crippen LogP contribution is 2.27. The van der Waals surface area contributed by atoms with Gasteiger partial charge in [-0.25, -0.2) is 0 Å². The molecule has 1 aromatic rings. The molecule has 0 saturated heterocycles. The predicted molar refractivity (Wildman–Crippen MR) is 68.9 cm³/mol. The lowest BCUT2D eigenvalue weighted by atomic mass is 9.85. The van der Waals surface area contributed by atoms with Gasteiger partial charge in [0.2, 0.25) is 0 Å². The van der Waals surface area contributed by atoms with Gasteiger partial charge in [0.15, 0.2) is 0 Å². The van der Waals surface area contributed by atoms with Crippen LogP contribution in [-0.2, 0) is 4.79 Å². The topological polar surface area (TPSA) is 17.1 Å². The minimum absolute atomic E-state index is 0.0144. The zero-order valence-corrected chi connectivity index (χ0v) is 11.2. The van der Waals surface area contributed by atoms with E-state index in [0.717, 1.165) is 0 Å². The molecular formula is C15H22O. The molecule has 88 valence electrons. The van der Waals surface area contributed by atoms with E-state index in [9.17, 15) is 4.79 Å². The van der Waals surface area contributed by atoms with E-state index in [1.807, 2.05) is 20.8 Å². The molecule has 16 heavy (non-hydrogen) atoms. The largest absolute Gasteiger partial charge is 0.299 e. The monoisotopic (exact) mass is 218 g/mol. The van der Waals surface area contributed by atoms with Crippen LogP contribution >= 0.6 is 0 Å². The molecule has 0 bridgehead atoms. The molecule has 0 aliphatic rings. The lowest BCUT2D eigenvalue weighted by Gasteiger charge is -2.19. The van der Waals surface area contributed by atoms with Gasteiger partial charge < -0.3 is 0 Å². The smallest absolute Gasteiger partial charge is 0.142 e. The van der Waals surface area contributed by atoms with Crippen molar-refractivity contribution in [2.45, 2.75) is 47.5 Å². The Bertz CT molecular complexity index is 379. The van der Waals surface area contributed by atoms with Crippen LogP contribution in [0.25, 0.3) is 0 Å². The fraction of sp³-hybridized carbons (Fsp3) is 0.533. The number of hydrogen-bond donors (Lipinski definition) is 0. The zero-order valence-electron chi connectivity index (χ0n) is 11.2. The highest BCUT2D eigenvalue weighted by Gasteiger charge is 2.21. The van der Waals surface area contributed by atoms with Crippen LogP contribution in [0.1, 0.15) is 48.9 Å². The first-order valence-corrected chi connectivity index (χ1v) is 5.96. The maximum absolute atomic E-state index is 12.0. The first-order chi connectivity index (χ1) is 7.34. The van der Waals surface area contributed by atoms with Crippen molar-refractivity contribution in [3.05, 3.63) is 34.4 Å². The van der Waals surface area contributed by atoms with Gasteiger partial charge >= 0.3 is 0 Å². The van der Waals surface area contributed by atoms with Gasteiger partial charge in [0.1, 0.15) is 5.78 Å². The molecule has 0 aromatic heterocycles. The molecule has 0 saturated carbocycles. The number of hydrogen-bond acceptors (Lipinski definition) is 1. The summed E-state index contributed by atoms with van der Waals surface area (Å²) in [7, 11) is 0. The summed E-state index contributed by atoms with van der Waals surface area (Å²) in [5.74, 6) is 0.450. The summed E-state index contributed by atoms with van der Waals surface area (Å²) < 4.78 is 0. The predicted octanol–water partition coefficient (Wildman–Crippen LogP) is 3.94. The van der Waals surface area contributed by atoms with Crippen molar-refractivity contribution >= 4 is 5.78 Å². The summed E-state index contributed by atoms with van der Waals surface area (Å²) in [6, 6.07) is 4.32. The Hall–Kier alpha value is -1.11. The van der Waals surface area contributed by atoms with Gasteiger partial charge in [-0.15, -0.1) is 0 Å². The second-order valence-corrected chi connectivity index (χ2v) is 5.09. The fourth-order valence-electron chi connectivity index (χ4n) is 2.52. The standard InChI is InChI=1S/C15H22O/c1-9(2)15(16)13(6)14-11(4)7-10(3)8-12(14)5/h7-9,13H,1-6H3. The first-order valence-electron chi connectivity index (χ1n) is 5.96. The molecule has 1 aromatic carbocycles. The summed E-state index contributed by atoms with van der Waals surface area (Å²) in [4.78, 5) is 12.0. The molecule has 0 amide bonds. The van der Waals surface area contributed by atoms with Crippen molar-refractivity contribution in [1.82, 2.24) is 0 Å². The van der Waals surface area contributed by atoms with E-state index < -0.39 is 0 Å². The third-order valence-electron chi connectivity index (χ3n) is 3.17. The third-order valence-corrected chi connectivity index (χ3v) is 3.17. The van der Waals surface area contributed by atoms with Crippen LogP contribution in [0.3, 0.4) is 0 Å². The Balaban J connectivity index is 3.18. The zero-order chi connectivity index (χ0) is 12.5. The van der Waals surface area contributed by atoms with Gasteiger partial charge in [0.25, 0.3) is 0 Å². The van der Waals surface area contributed by atoms with Crippen LogP contribution in [0.4, 0.5) is 0 Å². The molecule has 1 nitrogen and oxygen atoms in total. The highest BCUT2D eigenvalue weighted by molar-refractivity contribution is 5.87. The average molecular weight is 218 g/mol. The average Bonchev–Trinajstić information content (AvgIpc) is 2.14. The lowest BCUT2D eigenvalue weighted by Crippen LogP contribution is -2.17. The maximum Gasteiger partial charge on any atom is 0.142 e. The van der Waals surface area contributed by atoms with Crippen LogP contribution in [0.5, 0.6) is 0 Å². The van der Waals surface area contributed by atoms with Gasteiger partial charge in [-0.1, -0.05) is 38.5 Å². The lowest BCUT2D eigenvalue weighted by molar-refractivity contribution is -0.123. The summed E-state index contributed by atoms with van der Waals surface area (Å²) >= 11 is 0. The molecule has 0 fully saturated rings.